The Morgan fingerprint density at radius 1 is 1.42 bits per heavy atom. The molecule has 1 N–H and O–H groups in total. The van der Waals surface area contributed by atoms with Gasteiger partial charge in [-0.05, 0) is 30.4 Å². The molecule has 0 aliphatic heterocycles. The van der Waals surface area contributed by atoms with Crippen LogP contribution in [0, 0.1) is 5.92 Å². The molecule has 0 aromatic heterocycles. The van der Waals surface area contributed by atoms with Gasteiger partial charge in [0.25, 0.3) is 0 Å². The summed E-state index contributed by atoms with van der Waals surface area (Å²) >= 11 is 6.41. The van der Waals surface area contributed by atoms with Crippen LogP contribution >= 0.6 is 11.6 Å². The topological polar surface area (TPSA) is 15.3 Å². The number of para-hydroxylation sites is 1. The van der Waals surface area contributed by atoms with E-state index in [0.29, 0.717) is 5.92 Å². The lowest BCUT2D eigenvalue weighted by molar-refractivity contribution is 0.558. The molecule has 1 aliphatic rings. The molecule has 0 heterocycles. The highest BCUT2D eigenvalue weighted by atomic mass is 35.5. The van der Waals surface area contributed by atoms with E-state index in [2.05, 4.69) is 37.2 Å². The van der Waals surface area contributed by atoms with Crippen molar-refractivity contribution < 1.29 is 0 Å². The van der Waals surface area contributed by atoms with E-state index in [-0.39, 0.29) is 0 Å². The fourth-order valence-electron chi connectivity index (χ4n) is 2.36. The second-order valence-electron chi connectivity index (χ2n) is 5.80. The Labute approximate surface area is 122 Å². The Morgan fingerprint density at radius 3 is 2.79 bits per heavy atom. The number of halogens is 1. The summed E-state index contributed by atoms with van der Waals surface area (Å²) in [5.41, 5.74) is 2.50. The van der Waals surface area contributed by atoms with Crippen molar-refractivity contribution in [3.63, 3.8) is 0 Å². The van der Waals surface area contributed by atoms with E-state index in [1.165, 1.54) is 30.5 Å². The van der Waals surface area contributed by atoms with E-state index in [1.807, 2.05) is 12.1 Å². The lowest BCUT2D eigenvalue weighted by Crippen LogP contribution is -2.26. The molecule has 106 valence electrons. The first-order valence-electron chi connectivity index (χ1n) is 7.33. The monoisotopic (exact) mass is 280 g/mol. The molecule has 2 rings (SSSR count). The number of hydrogen-bond donors (Lipinski definition) is 1. The van der Waals surface area contributed by atoms with Crippen LogP contribution in [0.15, 0.2) is 18.2 Å². The summed E-state index contributed by atoms with van der Waals surface area (Å²) in [6, 6.07) is 6.95. The lowest BCUT2D eigenvalue weighted by Gasteiger charge is -2.26. The fourth-order valence-corrected chi connectivity index (χ4v) is 2.70. The van der Waals surface area contributed by atoms with Gasteiger partial charge in [0, 0.05) is 26.2 Å². The summed E-state index contributed by atoms with van der Waals surface area (Å²) in [4.78, 5) is 2.31. The van der Waals surface area contributed by atoms with E-state index < -0.39 is 0 Å². The van der Waals surface area contributed by atoms with Crippen LogP contribution in [-0.2, 0) is 6.54 Å². The zero-order valence-corrected chi connectivity index (χ0v) is 13.0. The van der Waals surface area contributed by atoms with Crippen molar-refractivity contribution in [1.82, 2.24) is 5.32 Å². The molecule has 0 bridgehead atoms. The first kappa shape index (κ1) is 14.7. The molecule has 0 saturated heterocycles. The highest BCUT2D eigenvalue weighted by Crippen LogP contribution is 2.30. The SMILES string of the molecule is CCC(C)CN(C)c1c(Cl)cccc1CNC1CC1. The molecule has 1 saturated carbocycles. The molecule has 1 unspecified atom stereocenters. The van der Waals surface area contributed by atoms with Crippen molar-refractivity contribution in [2.45, 2.75) is 45.7 Å². The fraction of sp³-hybridized carbons (Fsp3) is 0.625. The Bertz CT molecular complexity index is 415. The van der Waals surface area contributed by atoms with Gasteiger partial charge in [-0.2, -0.15) is 0 Å². The summed E-state index contributed by atoms with van der Waals surface area (Å²) in [7, 11) is 2.15. The first-order valence-corrected chi connectivity index (χ1v) is 7.71. The largest absolute Gasteiger partial charge is 0.373 e. The molecule has 3 heteroatoms. The van der Waals surface area contributed by atoms with Gasteiger partial charge in [-0.15, -0.1) is 0 Å². The predicted molar refractivity (Wildman–Crippen MR) is 84.0 cm³/mol. The van der Waals surface area contributed by atoms with Gasteiger partial charge in [-0.25, -0.2) is 0 Å². The van der Waals surface area contributed by atoms with E-state index in [1.54, 1.807) is 0 Å². The first-order chi connectivity index (χ1) is 9.11. The Hall–Kier alpha value is -0.730. The summed E-state index contributed by atoms with van der Waals surface area (Å²) in [6.07, 6.45) is 3.83. The maximum absolute atomic E-state index is 6.41. The zero-order valence-electron chi connectivity index (χ0n) is 12.2. The summed E-state index contributed by atoms with van der Waals surface area (Å²) in [5.74, 6) is 0.686. The smallest absolute Gasteiger partial charge is 0.0642 e. The van der Waals surface area contributed by atoms with Crippen molar-refractivity contribution in [1.29, 1.82) is 0 Å². The van der Waals surface area contributed by atoms with Crippen LogP contribution < -0.4 is 10.2 Å². The predicted octanol–water partition coefficient (Wildman–Crippen LogP) is 4.07. The summed E-state index contributed by atoms with van der Waals surface area (Å²) in [5, 5.41) is 4.44. The molecule has 1 aromatic carbocycles. The molecule has 1 fully saturated rings. The third-order valence-corrected chi connectivity index (χ3v) is 4.20. The average Bonchev–Trinajstić information content (AvgIpc) is 3.19. The van der Waals surface area contributed by atoms with E-state index in [9.17, 15) is 0 Å². The highest BCUT2D eigenvalue weighted by Gasteiger charge is 2.21. The van der Waals surface area contributed by atoms with Gasteiger partial charge in [0.05, 0.1) is 10.7 Å². The number of hydrogen-bond acceptors (Lipinski definition) is 2. The quantitative estimate of drug-likeness (QED) is 0.810. The molecule has 2 nitrogen and oxygen atoms in total. The van der Waals surface area contributed by atoms with Crippen LogP contribution in [0.25, 0.3) is 0 Å². The van der Waals surface area contributed by atoms with E-state index >= 15 is 0 Å². The molecule has 19 heavy (non-hydrogen) atoms. The second-order valence-corrected chi connectivity index (χ2v) is 6.20. The molecule has 1 aliphatic carbocycles. The zero-order chi connectivity index (χ0) is 13.8. The maximum atomic E-state index is 6.41. The van der Waals surface area contributed by atoms with Crippen LogP contribution in [0.2, 0.25) is 5.02 Å². The van der Waals surface area contributed by atoms with Crippen molar-refractivity contribution in [3.05, 3.63) is 28.8 Å². The van der Waals surface area contributed by atoms with Gasteiger partial charge < -0.3 is 10.2 Å². The number of nitrogens with zero attached hydrogens (tertiary/aromatic N) is 1. The molecule has 1 aromatic rings. The number of rotatable bonds is 7. The lowest BCUT2D eigenvalue weighted by atomic mass is 10.1. The second kappa shape index (κ2) is 6.62. The summed E-state index contributed by atoms with van der Waals surface area (Å²) < 4.78 is 0. The molecule has 0 radical (unpaired) electrons. The third-order valence-electron chi connectivity index (χ3n) is 3.89. The number of nitrogens with one attached hydrogen (secondary N) is 1. The van der Waals surface area contributed by atoms with Crippen molar-refractivity contribution in [2.24, 2.45) is 5.92 Å². The highest BCUT2D eigenvalue weighted by molar-refractivity contribution is 6.33. The standard InChI is InChI=1S/C16H25ClN2/c1-4-12(2)11-19(3)16-13(6-5-7-15(16)17)10-18-14-8-9-14/h5-7,12,14,18H,4,8-11H2,1-3H3. The van der Waals surface area contributed by atoms with Gasteiger partial charge in [-0.3, -0.25) is 0 Å². The Morgan fingerprint density at radius 2 is 2.16 bits per heavy atom. The molecule has 0 amide bonds. The maximum Gasteiger partial charge on any atom is 0.0642 e. The minimum absolute atomic E-state index is 0.686. The Kier molecular flexibility index (Phi) is 5.12. The minimum Gasteiger partial charge on any atom is -0.373 e. The molecule has 1 atom stereocenters. The van der Waals surface area contributed by atoms with Gasteiger partial charge in [-0.1, -0.05) is 44.0 Å². The van der Waals surface area contributed by atoms with Crippen LogP contribution in [0.4, 0.5) is 5.69 Å². The minimum atomic E-state index is 0.686. The van der Waals surface area contributed by atoms with Crippen LogP contribution in [0.3, 0.4) is 0 Å². The van der Waals surface area contributed by atoms with E-state index in [4.69, 9.17) is 11.6 Å². The van der Waals surface area contributed by atoms with Gasteiger partial charge in [0.15, 0.2) is 0 Å². The molecule has 0 spiro atoms. The van der Waals surface area contributed by atoms with Crippen LogP contribution in [0.1, 0.15) is 38.7 Å². The van der Waals surface area contributed by atoms with E-state index in [0.717, 1.165) is 24.2 Å². The normalized spacial score (nSPS) is 16.4. The van der Waals surface area contributed by atoms with Gasteiger partial charge in [0.1, 0.15) is 0 Å². The van der Waals surface area contributed by atoms with Gasteiger partial charge >= 0.3 is 0 Å². The Balaban J connectivity index is 2.10. The third kappa shape index (κ3) is 4.12. The van der Waals surface area contributed by atoms with Crippen LogP contribution in [0.5, 0.6) is 0 Å². The van der Waals surface area contributed by atoms with Crippen LogP contribution in [-0.4, -0.2) is 19.6 Å². The summed E-state index contributed by atoms with van der Waals surface area (Å²) in [6.45, 7) is 6.50. The van der Waals surface area contributed by atoms with Crippen molar-refractivity contribution >= 4 is 17.3 Å². The molecular formula is C16H25ClN2. The number of anilines is 1. The number of benzene rings is 1. The average molecular weight is 281 g/mol. The van der Waals surface area contributed by atoms with Crippen molar-refractivity contribution in [2.75, 3.05) is 18.5 Å². The molecular weight excluding hydrogens is 256 g/mol. The van der Waals surface area contributed by atoms with Crippen molar-refractivity contribution in [3.8, 4) is 0 Å². The van der Waals surface area contributed by atoms with Gasteiger partial charge in [0.2, 0.25) is 0 Å².